The zero-order chi connectivity index (χ0) is 28.8. The van der Waals surface area contributed by atoms with Crippen LogP contribution in [0.3, 0.4) is 0 Å². The van der Waals surface area contributed by atoms with Crippen molar-refractivity contribution in [3.63, 3.8) is 0 Å². The Bertz CT molecular complexity index is 1390. The summed E-state index contributed by atoms with van der Waals surface area (Å²) in [5, 5.41) is 7.84. The van der Waals surface area contributed by atoms with Gasteiger partial charge in [0.25, 0.3) is 5.91 Å². The number of nitrogens with zero attached hydrogens (tertiary/aromatic N) is 2. The Kier molecular flexibility index (Phi) is 8.75. The number of carbonyl (C=O) groups excluding carboxylic acids is 2. The van der Waals surface area contributed by atoms with Gasteiger partial charge in [-0.15, -0.1) is 0 Å². The number of morpholine rings is 1. The van der Waals surface area contributed by atoms with E-state index in [4.69, 9.17) is 4.74 Å². The van der Waals surface area contributed by atoms with Gasteiger partial charge in [0.1, 0.15) is 0 Å². The number of ether oxygens (including phenoxy) is 1. The number of hydrogen-bond acceptors (Lipinski definition) is 5. The van der Waals surface area contributed by atoms with Gasteiger partial charge in [-0.05, 0) is 47.9 Å². The van der Waals surface area contributed by atoms with E-state index in [1.807, 2.05) is 12.1 Å². The maximum atomic E-state index is 13.4. The van der Waals surface area contributed by atoms with Crippen molar-refractivity contribution in [1.82, 2.24) is 10.2 Å². The van der Waals surface area contributed by atoms with Gasteiger partial charge in [0.15, 0.2) is 0 Å². The molecule has 11 heteroatoms. The molecule has 0 atom stereocenters. The van der Waals surface area contributed by atoms with Crippen molar-refractivity contribution in [3.8, 4) is 0 Å². The minimum atomic E-state index is -4.62. The molecule has 3 aromatic carbocycles. The van der Waals surface area contributed by atoms with Crippen molar-refractivity contribution in [1.29, 1.82) is 0 Å². The minimum absolute atomic E-state index is 0.284. The lowest BCUT2D eigenvalue weighted by Gasteiger charge is -2.32. The predicted molar refractivity (Wildman–Crippen MR) is 151 cm³/mol. The Morgan fingerprint density at radius 3 is 2.39 bits per heavy atom. The number of benzene rings is 3. The summed E-state index contributed by atoms with van der Waals surface area (Å²) in [5.41, 5.74) is 2.53. The first-order valence-corrected chi connectivity index (χ1v) is 13.6. The van der Waals surface area contributed by atoms with Crippen molar-refractivity contribution in [2.75, 3.05) is 61.5 Å². The summed E-state index contributed by atoms with van der Waals surface area (Å²) in [5.74, 6) is -0.293. The van der Waals surface area contributed by atoms with Crippen LogP contribution in [0, 0.1) is 0 Å². The van der Waals surface area contributed by atoms with Crippen molar-refractivity contribution in [2.24, 2.45) is 0 Å². The topological polar surface area (TPSA) is 85.9 Å². The average Bonchev–Trinajstić information content (AvgIpc) is 2.97. The molecule has 0 aliphatic carbocycles. The average molecular weight is 568 g/mol. The Morgan fingerprint density at radius 1 is 0.878 bits per heavy atom. The molecule has 2 aliphatic heterocycles. The smallest absolute Gasteiger partial charge is 0.379 e. The quantitative estimate of drug-likeness (QED) is 0.375. The van der Waals surface area contributed by atoms with E-state index in [2.05, 4.69) is 37.9 Å². The Morgan fingerprint density at radius 2 is 1.61 bits per heavy atom. The number of amides is 3. The number of rotatable bonds is 7. The first-order chi connectivity index (χ1) is 19.8. The van der Waals surface area contributed by atoms with Gasteiger partial charge in [-0.3, -0.25) is 9.69 Å². The summed E-state index contributed by atoms with van der Waals surface area (Å²) in [6, 6.07) is 17.1. The third kappa shape index (κ3) is 7.17. The lowest BCUT2D eigenvalue weighted by molar-refractivity contribution is -0.136. The van der Waals surface area contributed by atoms with Crippen molar-refractivity contribution in [3.05, 3.63) is 89.0 Å². The van der Waals surface area contributed by atoms with E-state index in [9.17, 15) is 22.8 Å². The third-order valence-corrected chi connectivity index (χ3v) is 7.27. The van der Waals surface area contributed by atoms with Crippen LogP contribution in [0.4, 0.5) is 35.0 Å². The predicted octanol–water partition coefficient (Wildman–Crippen LogP) is 4.97. The van der Waals surface area contributed by atoms with Crippen LogP contribution in [0.2, 0.25) is 0 Å². The summed E-state index contributed by atoms with van der Waals surface area (Å²) in [4.78, 5) is 30.5. The van der Waals surface area contributed by atoms with E-state index in [0.29, 0.717) is 45.0 Å². The summed E-state index contributed by atoms with van der Waals surface area (Å²) in [7, 11) is 0. The highest BCUT2D eigenvalue weighted by molar-refractivity contribution is 6.04. The second kappa shape index (κ2) is 12.6. The number of urea groups is 1. The SMILES string of the molecule is O=C(Nc1ccc(N2CCc3ccccc3C2)c(C(=O)NCCN2CCOCC2)c1)Nc1ccccc1C(F)(F)F. The van der Waals surface area contributed by atoms with Gasteiger partial charge >= 0.3 is 12.2 Å². The van der Waals surface area contributed by atoms with Crippen LogP contribution in [-0.4, -0.2) is 62.8 Å². The zero-order valence-corrected chi connectivity index (χ0v) is 22.5. The highest BCUT2D eigenvalue weighted by Gasteiger charge is 2.33. The standard InChI is InChI=1S/C30H32F3N5O3/c31-30(32,33)25-7-3-4-8-26(25)36-29(40)35-23-9-10-27(38-13-11-21-5-1-2-6-22(21)20-38)24(19-23)28(39)34-12-14-37-15-17-41-18-16-37/h1-10,19H,11-18,20H2,(H,34,39)(H2,35,36,40). The zero-order valence-electron chi connectivity index (χ0n) is 22.5. The molecule has 0 spiro atoms. The maximum absolute atomic E-state index is 13.4. The number of hydrogen-bond donors (Lipinski definition) is 3. The lowest BCUT2D eigenvalue weighted by Crippen LogP contribution is -2.41. The highest BCUT2D eigenvalue weighted by atomic mass is 19.4. The number of alkyl halides is 3. The number of anilines is 3. The van der Waals surface area contributed by atoms with Gasteiger partial charge in [0.05, 0.1) is 30.0 Å². The molecule has 1 fully saturated rings. The largest absolute Gasteiger partial charge is 0.418 e. The van der Waals surface area contributed by atoms with Crippen LogP contribution >= 0.6 is 0 Å². The van der Waals surface area contributed by atoms with Gasteiger partial charge < -0.3 is 25.6 Å². The van der Waals surface area contributed by atoms with Gasteiger partial charge in [-0.1, -0.05) is 36.4 Å². The van der Waals surface area contributed by atoms with Crippen LogP contribution < -0.4 is 20.9 Å². The molecule has 0 saturated carbocycles. The Labute approximate surface area is 236 Å². The summed E-state index contributed by atoms with van der Waals surface area (Å²) >= 11 is 0. The molecule has 3 N–H and O–H groups in total. The number of para-hydroxylation sites is 1. The molecule has 0 radical (unpaired) electrons. The monoisotopic (exact) mass is 567 g/mol. The number of halogens is 3. The highest BCUT2D eigenvalue weighted by Crippen LogP contribution is 2.35. The Hall–Kier alpha value is -4.09. The number of nitrogens with one attached hydrogen (secondary N) is 3. The second-order valence-corrected chi connectivity index (χ2v) is 10.0. The van der Waals surface area contributed by atoms with Gasteiger partial charge in [0.2, 0.25) is 0 Å². The van der Waals surface area contributed by atoms with Gasteiger partial charge in [0, 0.05) is 50.6 Å². The molecule has 0 aromatic heterocycles. The van der Waals surface area contributed by atoms with E-state index in [1.54, 1.807) is 18.2 Å². The van der Waals surface area contributed by atoms with Crippen LogP contribution in [-0.2, 0) is 23.9 Å². The molecule has 216 valence electrons. The number of fused-ring (bicyclic) bond motifs is 1. The van der Waals surface area contributed by atoms with Crippen molar-refractivity contribution >= 4 is 29.0 Å². The Balaban J connectivity index is 1.34. The maximum Gasteiger partial charge on any atom is 0.418 e. The molecule has 41 heavy (non-hydrogen) atoms. The van der Waals surface area contributed by atoms with Crippen LogP contribution in [0.25, 0.3) is 0 Å². The normalized spacial score (nSPS) is 15.6. The first-order valence-electron chi connectivity index (χ1n) is 13.6. The molecule has 3 amide bonds. The molecule has 2 aliphatic rings. The summed E-state index contributed by atoms with van der Waals surface area (Å²) in [6.45, 7) is 5.41. The fraction of sp³-hybridized carbons (Fsp3) is 0.333. The van der Waals surface area contributed by atoms with Crippen LogP contribution in [0.5, 0.6) is 0 Å². The molecule has 5 rings (SSSR count). The van der Waals surface area contributed by atoms with Gasteiger partial charge in [-0.25, -0.2) is 4.79 Å². The van der Waals surface area contributed by atoms with Gasteiger partial charge in [-0.2, -0.15) is 13.2 Å². The van der Waals surface area contributed by atoms with Crippen LogP contribution in [0.15, 0.2) is 66.7 Å². The van der Waals surface area contributed by atoms with E-state index in [-0.39, 0.29) is 17.3 Å². The minimum Gasteiger partial charge on any atom is -0.379 e. The molecule has 2 heterocycles. The van der Waals surface area contributed by atoms with Crippen molar-refractivity contribution < 1.29 is 27.5 Å². The third-order valence-electron chi connectivity index (χ3n) is 7.27. The molecule has 0 bridgehead atoms. The fourth-order valence-electron chi connectivity index (χ4n) is 5.14. The summed E-state index contributed by atoms with van der Waals surface area (Å²) in [6.07, 6.45) is -3.79. The van der Waals surface area contributed by atoms with Crippen LogP contribution in [0.1, 0.15) is 27.0 Å². The second-order valence-electron chi connectivity index (χ2n) is 10.0. The van der Waals surface area contributed by atoms with E-state index in [1.165, 1.54) is 29.3 Å². The van der Waals surface area contributed by atoms with Crippen molar-refractivity contribution in [2.45, 2.75) is 19.1 Å². The molecular weight excluding hydrogens is 535 g/mol. The molecule has 3 aromatic rings. The summed E-state index contributed by atoms with van der Waals surface area (Å²) < 4.78 is 45.5. The molecular formula is C30H32F3N5O3. The van der Waals surface area contributed by atoms with E-state index < -0.39 is 17.8 Å². The van der Waals surface area contributed by atoms with E-state index >= 15 is 0 Å². The van der Waals surface area contributed by atoms with E-state index in [0.717, 1.165) is 31.3 Å². The lowest BCUT2D eigenvalue weighted by atomic mass is 9.98. The molecule has 8 nitrogen and oxygen atoms in total. The number of carbonyl (C=O) groups is 2. The fourth-order valence-corrected chi connectivity index (χ4v) is 5.14. The molecule has 1 saturated heterocycles. The first kappa shape index (κ1) is 28.4. The molecule has 0 unspecified atom stereocenters.